The molecule has 2 aromatic heterocycles. The Morgan fingerprint density at radius 3 is 1.33 bits per heavy atom. The fourth-order valence-electron chi connectivity index (χ4n) is 5.20. The minimum absolute atomic E-state index is 0.00853. The summed E-state index contributed by atoms with van der Waals surface area (Å²) in [6, 6.07) is 2.67. The summed E-state index contributed by atoms with van der Waals surface area (Å²) in [6.07, 6.45) is 0.572. The Balaban J connectivity index is 1.84. The fraction of sp³-hybridized carbons (Fsp3) is 0.385. The molecular weight excluding hydrogens is 670 g/mol. The number of aliphatic hydroxyl groups is 2. The van der Waals surface area contributed by atoms with Crippen LogP contribution in [0.3, 0.4) is 0 Å². The predicted molar refractivity (Wildman–Crippen MR) is 167 cm³/mol. The fourth-order valence-corrected chi connectivity index (χ4v) is 8.26. The minimum atomic E-state index is -4.06. The van der Waals surface area contributed by atoms with Gasteiger partial charge in [-0.15, -0.1) is 0 Å². The molecule has 43 heavy (non-hydrogen) atoms. The highest BCUT2D eigenvalue weighted by Gasteiger charge is 2.31. The van der Waals surface area contributed by atoms with Gasteiger partial charge in [-0.1, -0.05) is 46.4 Å². The van der Waals surface area contributed by atoms with Gasteiger partial charge >= 0.3 is 22.2 Å². The molecule has 2 heterocycles. The number of halogens is 4. The van der Waals surface area contributed by atoms with Crippen molar-refractivity contribution >= 4 is 78.3 Å². The van der Waals surface area contributed by atoms with Crippen LogP contribution in [-0.4, -0.2) is 63.3 Å². The van der Waals surface area contributed by atoms with Gasteiger partial charge in [0.15, 0.2) is 9.84 Å². The van der Waals surface area contributed by atoms with E-state index in [-0.39, 0.29) is 92.2 Å². The number of aliphatic hydroxyl groups excluding tert-OH is 2. The topological polar surface area (TPSA) is 206 Å². The second kappa shape index (κ2) is 13.6. The molecule has 0 aliphatic carbocycles. The second-order valence-electron chi connectivity index (χ2n) is 10.0. The molecule has 2 atom stereocenters. The maximum atomic E-state index is 13.9. The number of sulfone groups is 1. The summed E-state index contributed by atoms with van der Waals surface area (Å²) in [5.74, 6) is -2.84. The number of aromatic nitrogens is 4. The zero-order valence-corrected chi connectivity index (χ0v) is 26.1. The van der Waals surface area contributed by atoms with E-state index in [0.29, 0.717) is 0 Å². The lowest BCUT2D eigenvalue weighted by molar-refractivity contribution is 0.280. The van der Waals surface area contributed by atoms with Crippen LogP contribution in [0.25, 0.3) is 22.1 Å². The van der Waals surface area contributed by atoms with E-state index in [1.54, 1.807) is 0 Å². The quantitative estimate of drug-likeness (QED) is 0.121. The molecule has 0 amide bonds. The molecule has 0 saturated carbocycles. The van der Waals surface area contributed by atoms with Gasteiger partial charge in [-0.05, 0) is 37.8 Å². The molecule has 4 aromatic rings. The molecule has 0 radical (unpaired) electrons. The summed E-state index contributed by atoms with van der Waals surface area (Å²) >= 11 is 25.7. The largest absolute Gasteiger partial charge is 0.396 e. The molecule has 0 aliphatic heterocycles. The molecular formula is C26H26Cl4N4O8S. The Morgan fingerprint density at radius 1 is 0.628 bits per heavy atom. The first-order valence-corrected chi connectivity index (χ1v) is 16.3. The van der Waals surface area contributed by atoms with E-state index in [0.717, 1.165) is 0 Å². The molecule has 6 N–H and O–H groups in total. The van der Waals surface area contributed by atoms with Gasteiger partial charge in [0, 0.05) is 36.2 Å². The van der Waals surface area contributed by atoms with E-state index in [1.165, 1.54) is 12.1 Å². The zero-order valence-electron chi connectivity index (χ0n) is 22.2. The van der Waals surface area contributed by atoms with Gasteiger partial charge in [0.1, 0.15) is 0 Å². The third-order valence-corrected chi connectivity index (χ3v) is 10.5. The number of fused-ring (bicyclic) bond motifs is 2. The number of benzene rings is 2. The number of rotatable bonds is 12. The van der Waals surface area contributed by atoms with Crippen molar-refractivity contribution in [3.05, 3.63) is 84.8 Å². The van der Waals surface area contributed by atoms with Crippen molar-refractivity contribution in [2.45, 2.75) is 37.5 Å². The third-order valence-electron chi connectivity index (χ3n) is 7.05. The number of H-pyrrole nitrogens is 4. The van der Waals surface area contributed by atoms with E-state index in [9.17, 15) is 37.8 Å². The first-order chi connectivity index (χ1) is 20.3. The molecule has 2 aromatic carbocycles. The van der Waals surface area contributed by atoms with Gasteiger partial charge in [0.05, 0.1) is 53.7 Å². The summed E-state index contributed by atoms with van der Waals surface area (Å²) in [5.41, 5.74) is -3.01. The van der Waals surface area contributed by atoms with Crippen LogP contribution in [0.5, 0.6) is 0 Å². The third kappa shape index (κ3) is 7.19. The first kappa shape index (κ1) is 33.2. The highest BCUT2D eigenvalue weighted by atomic mass is 35.5. The van der Waals surface area contributed by atoms with Crippen molar-refractivity contribution in [3.63, 3.8) is 0 Å². The number of nitrogens with one attached hydrogen (secondary N) is 4. The molecule has 17 heteroatoms. The Hall–Kier alpha value is -2.65. The number of hydrogen-bond donors (Lipinski definition) is 6. The molecule has 0 spiro atoms. The van der Waals surface area contributed by atoms with Gasteiger partial charge in [-0.25, -0.2) is 8.42 Å². The van der Waals surface area contributed by atoms with Crippen molar-refractivity contribution in [3.8, 4) is 0 Å². The molecule has 12 nitrogen and oxygen atoms in total. The van der Waals surface area contributed by atoms with E-state index in [4.69, 9.17) is 46.4 Å². The van der Waals surface area contributed by atoms with Crippen LogP contribution >= 0.6 is 46.4 Å². The lowest BCUT2D eigenvalue weighted by atomic mass is 9.94. The van der Waals surface area contributed by atoms with Gasteiger partial charge in [0.25, 0.3) is 0 Å². The summed E-state index contributed by atoms with van der Waals surface area (Å²) in [6.45, 7) is -0.538. The lowest BCUT2D eigenvalue weighted by Gasteiger charge is -2.24. The normalized spacial score (nSPS) is 13.5. The van der Waals surface area contributed by atoms with Crippen LogP contribution in [0.2, 0.25) is 20.1 Å². The molecule has 0 aliphatic rings. The lowest BCUT2D eigenvalue weighted by Crippen LogP contribution is -2.30. The van der Waals surface area contributed by atoms with Crippen molar-refractivity contribution in [1.29, 1.82) is 0 Å². The van der Waals surface area contributed by atoms with Gasteiger partial charge in [-0.3, -0.25) is 19.2 Å². The van der Waals surface area contributed by atoms with Crippen molar-refractivity contribution in [2.24, 2.45) is 0 Å². The highest BCUT2D eigenvalue weighted by Crippen LogP contribution is 2.41. The zero-order chi connectivity index (χ0) is 31.6. The summed E-state index contributed by atoms with van der Waals surface area (Å²) < 4.78 is 27.8. The Labute approximate surface area is 262 Å². The van der Waals surface area contributed by atoms with Crippen molar-refractivity contribution < 1.29 is 18.6 Å². The number of hydrogen-bond acceptors (Lipinski definition) is 8. The molecule has 4 rings (SSSR count). The maximum Gasteiger partial charge on any atom is 0.314 e. The Morgan fingerprint density at radius 2 is 0.977 bits per heavy atom. The molecule has 2 unspecified atom stereocenters. The van der Waals surface area contributed by atoms with E-state index < -0.39 is 55.4 Å². The second-order valence-corrected chi connectivity index (χ2v) is 13.8. The van der Waals surface area contributed by atoms with Crippen LogP contribution in [0.1, 0.15) is 48.6 Å². The highest BCUT2D eigenvalue weighted by molar-refractivity contribution is 7.91. The van der Waals surface area contributed by atoms with Crippen LogP contribution in [0, 0.1) is 0 Å². The van der Waals surface area contributed by atoms with Crippen LogP contribution in [-0.2, 0) is 9.84 Å². The monoisotopic (exact) mass is 694 g/mol. The first-order valence-electron chi connectivity index (χ1n) is 13.0. The van der Waals surface area contributed by atoms with E-state index in [1.807, 2.05) is 0 Å². The molecule has 232 valence electrons. The van der Waals surface area contributed by atoms with Gasteiger partial charge in [-0.2, -0.15) is 0 Å². The van der Waals surface area contributed by atoms with E-state index in [2.05, 4.69) is 19.9 Å². The van der Waals surface area contributed by atoms with Crippen LogP contribution in [0.4, 0.5) is 0 Å². The predicted octanol–water partition coefficient (Wildman–Crippen LogP) is 3.19. The standard InChI is InChI=1S/C26H26Cl4N4O8S/c27-13-7-15-21(33-25(39)23(37)31-15)17(19(13)29)11(3-1-5-35)9-43(41,42)10-12(4-2-6-36)18-20(30)14(28)8-16-22(18)34-26(40)24(38)32-16/h7-8,11-12,35-36H,1-6,9-10H2,(H,31,37)(H,32,38)(H,33,39)(H,34,40). The molecule has 0 saturated heterocycles. The van der Waals surface area contributed by atoms with Gasteiger partial charge < -0.3 is 30.1 Å². The van der Waals surface area contributed by atoms with Crippen LogP contribution < -0.4 is 22.2 Å². The molecule has 0 fully saturated rings. The minimum Gasteiger partial charge on any atom is -0.396 e. The maximum absolute atomic E-state index is 13.9. The van der Waals surface area contributed by atoms with Gasteiger partial charge in [0.2, 0.25) is 0 Å². The summed E-state index contributed by atoms with van der Waals surface area (Å²) in [5, 5.41) is 19.1. The van der Waals surface area contributed by atoms with Crippen LogP contribution in [0.15, 0.2) is 31.3 Å². The van der Waals surface area contributed by atoms with E-state index >= 15 is 0 Å². The summed E-state index contributed by atoms with van der Waals surface area (Å²) in [7, 11) is -4.06. The Kier molecular flexibility index (Phi) is 10.5. The average molecular weight is 696 g/mol. The molecule has 0 bridgehead atoms. The smallest absolute Gasteiger partial charge is 0.314 e. The van der Waals surface area contributed by atoms with Crippen molar-refractivity contribution in [1.82, 2.24) is 19.9 Å². The SMILES string of the molecule is O=c1[nH]c2cc(Cl)c(Cl)c(C(CCCO)CS(=O)(=O)CC(CCCO)c3c(Cl)c(Cl)cc4[nH]c(=O)c(=O)[nH]c34)c2[nH]c1=O. The summed E-state index contributed by atoms with van der Waals surface area (Å²) in [4.78, 5) is 58.0. The Bertz CT molecular complexity index is 1900. The number of aromatic amines is 4. The average Bonchev–Trinajstić information content (AvgIpc) is 2.93. The van der Waals surface area contributed by atoms with Crippen molar-refractivity contribution in [2.75, 3.05) is 24.7 Å².